The Morgan fingerprint density at radius 1 is 0.679 bits per heavy atom. The highest BCUT2D eigenvalue weighted by atomic mass is 33.1. The number of carbonyl (C=O) groups is 2. The number of rotatable bonds is 11. The van der Waals surface area contributed by atoms with Crippen molar-refractivity contribution in [1.82, 2.24) is 10.6 Å². The summed E-state index contributed by atoms with van der Waals surface area (Å²) in [4.78, 5) is 23.7. The third-order valence-electron chi connectivity index (χ3n) is 4.13. The van der Waals surface area contributed by atoms with Crippen molar-refractivity contribution >= 4 is 33.4 Å². The quantitative estimate of drug-likeness (QED) is 0.421. The van der Waals surface area contributed by atoms with E-state index >= 15 is 0 Å². The Morgan fingerprint density at radius 2 is 1.04 bits per heavy atom. The van der Waals surface area contributed by atoms with Gasteiger partial charge in [-0.15, -0.1) is 0 Å². The Morgan fingerprint density at radius 3 is 1.39 bits per heavy atom. The molecule has 4 nitrogen and oxygen atoms in total. The van der Waals surface area contributed by atoms with E-state index in [1.165, 1.54) is 11.1 Å². The molecule has 0 saturated carbocycles. The molecule has 0 unspecified atom stereocenters. The van der Waals surface area contributed by atoms with Crippen molar-refractivity contribution in [1.29, 1.82) is 0 Å². The molecule has 150 valence electrons. The van der Waals surface area contributed by atoms with Crippen LogP contribution in [0.4, 0.5) is 0 Å². The Balaban J connectivity index is 1.47. The van der Waals surface area contributed by atoms with Crippen LogP contribution in [0, 0.1) is 13.8 Å². The summed E-state index contributed by atoms with van der Waals surface area (Å²) in [6.07, 6.45) is 0.978. The second-order valence-electron chi connectivity index (χ2n) is 6.67. The smallest absolute Gasteiger partial charge is 0.221 e. The number of hydrogen-bond donors (Lipinski definition) is 2. The van der Waals surface area contributed by atoms with Gasteiger partial charge in [-0.05, 0) is 25.0 Å². The molecular weight excluding hydrogens is 388 g/mol. The Labute approximate surface area is 175 Å². The molecule has 0 spiro atoms. The number of amides is 2. The van der Waals surface area contributed by atoms with Crippen LogP contribution >= 0.6 is 21.6 Å². The first-order valence-corrected chi connectivity index (χ1v) is 11.9. The van der Waals surface area contributed by atoms with Gasteiger partial charge in [0.2, 0.25) is 11.8 Å². The van der Waals surface area contributed by atoms with Gasteiger partial charge >= 0.3 is 0 Å². The molecular formula is C22H28N2O2S2. The first-order valence-electron chi connectivity index (χ1n) is 9.42. The fourth-order valence-electron chi connectivity index (χ4n) is 2.38. The average Bonchev–Trinajstić information content (AvgIpc) is 2.69. The summed E-state index contributed by atoms with van der Waals surface area (Å²) >= 11 is 0. The molecule has 0 aliphatic carbocycles. The van der Waals surface area contributed by atoms with Gasteiger partial charge in [0.1, 0.15) is 0 Å². The normalized spacial score (nSPS) is 10.5. The first-order chi connectivity index (χ1) is 13.5. The molecule has 0 heterocycles. The average molecular weight is 417 g/mol. The predicted octanol–water partition coefficient (Wildman–Crippen LogP) is 4.40. The van der Waals surface area contributed by atoms with Crippen molar-refractivity contribution in [3.8, 4) is 0 Å². The van der Waals surface area contributed by atoms with Crippen LogP contribution in [0.5, 0.6) is 0 Å². The summed E-state index contributed by atoms with van der Waals surface area (Å²) in [5.41, 5.74) is 4.65. The van der Waals surface area contributed by atoms with E-state index in [2.05, 4.69) is 10.6 Å². The van der Waals surface area contributed by atoms with E-state index in [0.29, 0.717) is 25.9 Å². The fourth-order valence-corrected chi connectivity index (χ4v) is 4.36. The highest BCUT2D eigenvalue weighted by Crippen LogP contribution is 2.22. The SMILES string of the molecule is Cc1ccc(CNC(=O)CCSSCCC(=O)NCc2ccc(C)cc2)cc1. The predicted molar refractivity (Wildman–Crippen MR) is 120 cm³/mol. The van der Waals surface area contributed by atoms with Crippen LogP contribution in [0.2, 0.25) is 0 Å². The molecule has 28 heavy (non-hydrogen) atoms. The molecule has 2 N–H and O–H groups in total. The van der Waals surface area contributed by atoms with E-state index in [9.17, 15) is 9.59 Å². The number of benzene rings is 2. The second-order valence-corrected chi connectivity index (χ2v) is 9.37. The first kappa shape index (κ1) is 22.4. The van der Waals surface area contributed by atoms with Gasteiger partial charge in [-0.25, -0.2) is 0 Å². The number of nitrogens with one attached hydrogen (secondary N) is 2. The number of aryl methyl sites for hydroxylation is 2. The zero-order chi connectivity index (χ0) is 20.2. The van der Waals surface area contributed by atoms with Gasteiger partial charge in [0.05, 0.1) is 0 Å². The zero-order valence-corrected chi connectivity index (χ0v) is 18.1. The van der Waals surface area contributed by atoms with Gasteiger partial charge in [-0.3, -0.25) is 9.59 Å². The minimum atomic E-state index is 0.0597. The summed E-state index contributed by atoms with van der Waals surface area (Å²) in [5.74, 6) is 1.61. The maximum atomic E-state index is 11.9. The van der Waals surface area contributed by atoms with Crippen molar-refractivity contribution in [2.45, 2.75) is 39.8 Å². The molecule has 0 aliphatic rings. The number of carbonyl (C=O) groups excluding carboxylic acids is 2. The summed E-state index contributed by atoms with van der Waals surface area (Å²) < 4.78 is 0. The van der Waals surface area contributed by atoms with Gasteiger partial charge < -0.3 is 10.6 Å². The Kier molecular flexibility index (Phi) is 10.0. The third kappa shape index (κ3) is 9.33. The lowest BCUT2D eigenvalue weighted by Crippen LogP contribution is -2.23. The van der Waals surface area contributed by atoms with E-state index in [1.807, 2.05) is 62.4 Å². The van der Waals surface area contributed by atoms with Gasteiger partial charge in [-0.2, -0.15) is 0 Å². The third-order valence-corrected chi connectivity index (χ3v) is 6.54. The van der Waals surface area contributed by atoms with E-state index in [0.717, 1.165) is 22.6 Å². The zero-order valence-electron chi connectivity index (χ0n) is 16.5. The molecule has 2 aromatic rings. The highest BCUT2D eigenvalue weighted by Gasteiger charge is 2.04. The molecule has 0 aliphatic heterocycles. The molecule has 0 aromatic heterocycles. The van der Waals surface area contributed by atoms with Gasteiger partial charge in [0.25, 0.3) is 0 Å². The number of hydrogen-bond acceptors (Lipinski definition) is 4. The molecule has 2 rings (SSSR count). The van der Waals surface area contributed by atoms with E-state index in [-0.39, 0.29) is 11.8 Å². The van der Waals surface area contributed by atoms with Crippen LogP contribution < -0.4 is 10.6 Å². The van der Waals surface area contributed by atoms with E-state index in [4.69, 9.17) is 0 Å². The summed E-state index contributed by atoms with van der Waals surface area (Å²) in [6.45, 7) is 5.23. The largest absolute Gasteiger partial charge is 0.352 e. The summed E-state index contributed by atoms with van der Waals surface area (Å²) in [6, 6.07) is 16.3. The van der Waals surface area contributed by atoms with Crippen molar-refractivity contribution in [2.24, 2.45) is 0 Å². The lowest BCUT2D eigenvalue weighted by Gasteiger charge is -2.06. The lowest BCUT2D eigenvalue weighted by molar-refractivity contribution is -0.121. The standard InChI is InChI=1S/C22H28N2O2S2/c1-17-3-7-19(8-4-17)15-23-21(25)11-13-27-28-14-12-22(26)24-16-20-9-5-18(2)6-10-20/h3-10H,11-16H2,1-2H3,(H,23,25)(H,24,26). The lowest BCUT2D eigenvalue weighted by atomic mass is 10.1. The van der Waals surface area contributed by atoms with Crippen molar-refractivity contribution in [3.63, 3.8) is 0 Å². The summed E-state index contributed by atoms with van der Waals surface area (Å²) in [5, 5.41) is 5.88. The molecule has 0 bridgehead atoms. The molecule has 0 atom stereocenters. The van der Waals surface area contributed by atoms with Crippen LogP contribution in [-0.2, 0) is 22.7 Å². The van der Waals surface area contributed by atoms with Gasteiger partial charge in [-0.1, -0.05) is 81.2 Å². The molecule has 0 radical (unpaired) electrons. The minimum absolute atomic E-state index is 0.0597. The van der Waals surface area contributed by atoms with Crippen molar-refractivity contribution in [3.05, 3.63) is 70.8 Å². The van der Waals surface area contributed by atoms with Crippen molar-refractivity contribution in [2.75, 3.05) is 11.5 Å². The second kappa shape index (κ2) is 12.5. The Bertz CT molecular complexity index is 681. The monoisotopic (exact) mass is 416 g/mol. The molecule has 2 aromatic carbocycles. The van der Waals surface area contributed by atoms with Crippen LogP contribution in [0.15, 0.2) is 48.5 Å². The van der Waals surface area contributed by atoms with Crippen LogP contribution in [0.25, 0.3) is 0 Å². The van der Waals surface area contributed by atoms with Gasteiger partial charge in [0.15, 0.2) is 0 Å². The van der Waals surface area contributed by atoms with E-state index < -0.39 is 0 Å². The van der Waals surface area contributed by atoms with Crippen LogP contribution in [0.3, 0.4) is 0 Å². The molecule has 0 fully saturated rings. The molecule has 6 heteroatoms. The summed E-state index contributed by atoms with van der Waals surface area (Å²) in [7, 11) is 3.28. The maximum absolute atomic E-state index is 11.9. The molecule has 2 amide bonds. The van der Waals surface area contributed by atoms with Crippen LogP contribution in [-0.4, -0.2) is 23.3 Å². The van der Waals surface area contributed by atoms with Crippen LogP contribution in [0.1, 0.15) is 35.1 Å². The van der Waals surface area contributed by atoms with Gasteiger partial charge in [0, 0.05) is 37.4 Å². The maximum Gasteiger partial charge on any atom is 0.221 e. The Hall–Kier alpha value is -1.92. The molecule has 0 saturated heterocycles. The highest BCUT2D eigenvalue weighted by molar-refractivity contribution is 8.76. The fraction of sp³-hybridized carbons (Fsp3) is 0.364. The van der Waals surface area contributed by atoms with Crippen molar-refractivity contribution < 1.29 is 9.59 Å². The van der Waals surface area contributed by atoms with E-state index in [1.54, 1.807) is 21.6 Å². The topological polar surface area (TPSA) is 58.2 Å². The minimum Gasteiger partial charge on any atom is -0.352 e.